The molecule has 0 unspecified atom stereocenters. The van der Waals surface area contributed by atoms with E-state index in [0.717, 1.165) is 19.3 Å². The van der Waals surface area contributed by atoms with Crippen LogP contribution in [0.15, 0.2) is 51.8 Å². The number of benzene rings is 2. The van der Waals surface area contributed by atoms with Crippen LogP contribution in [-0.2, 0) is 14.8 Å². The maximum atomic E-state index is 12.8. The van der Waals surface area contributed by atoms with Crippen molar-refractivity contribution in [1.29, 1.82) is 0 Å². The minimum absolute atomic E-state index is 0.106. The first-order valence-electron chi connectivity index (χ1n) is 10.3. The molecule has 0 atom stereocenters. The average Bonchev–Trinajstić information content (AvgIpc) is 3.06. The van der Waals surface area contributed by atoms with E-state index in [-0.39, 0.29) is 4.90 Å². The highest BCUT2D eigenvalue weighted by Crippen LogP contribution is 2.30. The molecule has 0 bridgehead atoms. The number of hydrogen-bond acceptors (Lipinski definition) is 6. The molecule has 2 aromatic carbocycles. The van der Waals surface area contributed by atoms with Gasteiger partial charge < -0.3 is 13.9 Å². The van der Waals surface area contributed by atoms with Crippen molar-refractivity contribution in [2.45, 2.75) is 44.9 Å². The number of sulfonamides is 1. The molecule has 1 aromatic heterocycles. The molecule has 1 N–H and O–H groups in total. The number of esters is 1. The molecule has 3 rings (SSSR count). The molecule has 0 spiro atoms. The molecule has 8 heteroatoms. The number of aryl methyl sites for hydroxylation is 1. The van der Waals surface area contributed by atoms with Crippen LogP contribution >= 0.6 is 0 Å². The van der Waals surface area contributed by atoms with Crippen molar-refractivity contribution >= 4 is 32.6 Å². The minimum Gasteiger partial charge on any atom is -0.494 e. The van der Waals surface area contributed by atoms with Crippen LogP contribution in [0, 0.1) is 6.92 Å². The Morgan fingerprint density at radius 2 is 1.81 bits per heavy atom. The van der Waals surface area contributed by atoms with Crippen molar-refractivity contribution in [3.05, 3.63) is 53.8 Å². The maximum absolute atomic E-state index is 12.8. The Morgan fingerprint density at radius 1 is 1.06 bits per heavy atom. The van der Waals surface area contributed by atoms with E-state index in [4.69, 9.17) is 13.9 Å². The molecule has 1 heterocycles. The number of anilines is 1. The summed E-state index contributed by atoms with van der Waals surface area (Å²) in [5.74, 6) is 0.555. The number of furan rings is 1. The van der Waals surface area contributed by atoms with Gasteiger partial charge in [-0.3, -0.25) is 4.72 Å². The van der Waals surface area contributed by atoms with Crippen LogP contribution in [0.25, 0.3) is 11.0 Å². The Morgan fingerprint density at radius 3 is 2.48 bits per heavy atom. The van der Waals surface area contributed by atoms with Crippen molar-refractivity contribution < 1.29 is 27.1 Å². The topological polar surface area (TPSA) is 94.8 Å². The van der Waals surface area contributed by atoms with Crippen molar-refractivity contribution in [1.82, 2.24) is 0 Å². The van der Waals surface area contributed by atoms with Crippen LogP contribution in [0.4, 0.5) is 5.69 Å². The second kappa shape index (κ2) is 9.87. The molecule has 0 amide bonds. The molecule has 0 radical (unpaired) electrons. The standard InChI is InChI=1S/C23H27NO6S/c1-4-6-7-14-29-23(25)22-16(3)30-21-13-8-17(15-20(21)22)24-31(26,27)19-11-9-18(10-12-19)28-5-2/h8-13,15,24H,4-7,14H2,1-3H3. The van der Waals surface area contributed by atoms with Crippen molar-refractivity contribution in [2.24, 2.45) is 0 Å². The van der Waals surface area contributed by atoms with Gasteiger partial charge in [0.1, 0.15) is 22.7 Å². The lowest BCUT2D eigenvalue weighted by Crippen LogP contribution is -2.13. The number of ether oxygens (including phenoxy) is 2. The SMILES string of the molecule is CCCCCOC(=O)c1c(C)oc2ccc(NS(=O)(=O)c3ccc(OCC)cc3)cc12. The normalized spacial score (nSPS) is 11.5. The van der Waals surface area contributed by atoms with Gasteiger partial charge in [-0.15, -0.1) is 0 Å². The summed E-state index contributed by atoms with van der Waals surface area (Å²) in [7, 11) is -3.81. The molecular formula is C23H27NO6S. The van der Waals surface area contributed by atoms with E-state index >= 15 is 0 Å². The summed E-state index contributed by atoms with van der Waals surface area (Å²) < 4.78 is 44.5. The van der Waals surface area contributed by atoms with Crippen LogP contribution in [0.2, 0.25) is 0 Å². The summed E-state index contributed by atoms with van der Waals surface area (Å²) in [6, 6.07) is 11.0. The first-order valence-corrected chi connectivity index (χ1v) is 11.8. The molecule has 0 aliphatic heterocycles. The van der Waals surface area contributed by atoms with Crippen LogP contribution in [0.5, 0.6) is 5.75 Å². The first-order chi connectivity index (χ1) is 14.9. The average molecular weight is 446 g/mol. The minimum atomic E-state index is -3.81. The van der Waals surface area contributed by atoms with Crippen LogP contribution in [0.1, 0.15) is 49.2 Å². The lowest BCUT2D eigenvalue weighted by Gasteiger charge is -2.09. The maximum Gasteiger partial charge on any atom is 0.342 e. The number of rotatable bonds is 10. The highest BCUT2D eigenvalue weighted by Gasteiger charge is 2.21. The Balaban J connectivity index is 1.83. The van der Waals surface area contributed by atoms with Gasteiger partial charge in [0, 0.05) is 11.1 Å². The number of carbonyl (C=O) groups excluding carboxylic acids is 1. The van der Waals surface area contributed by atoms with Gasteiger partial charge in [0.05, 0.1) is 18.1 Å². The fourth-order valence-electron chi connectivity index (χ4n) is 3.22. The van der Waals surface area contributed by atoms with Gasteiger partial charge in [-0.25, -0.2) is 13.2 Å². The fraction of sp³-hybridized carbons (Fsp3) is 0.348. The summed E-state index contributed by atoms with van der Waals surface area (Å²) in [6.07, 6.45) is 2.81. The predicted octanol–water partition coefficient (Wildman–Crippen LogP) is 5.29. The van der Waals surface area contributed by atoms with E-state index in [1.807, 2.05) is 6.92 Å². The predicted molar refractivity (Wildman–Crippen MR) is 119 cm³/mol. The Hall–Kier alpha value is -3.00. The number of fused-ring (bicyclic) bond motifs is 1. The third-order valence-corrected chi connectivity index (χ3v) is 6.14. The number of unbranched alkanes of at least 4 members (excludes halogenated alkanes) is 2. The second-order valence-electron chi connectivity index (χ2n) is 7.10. The largest absolute Gasteiger partial charge is 0.494 e. The number of hydrogen-bond donors (Lipinski definition) is 1. The molecule has 0 fully saturated rings. The van der Waals surface area contributed by atoms with Crippen molar-refractivity contribution in [2.75, 3.05) is 17.9 Å². The molecule has 0 saturated carbocycles. The summed E-state index contributed by atoms with van der Waals surface area (Å²) in [6.45, 7) is 6.45. The fourth-order valence-corrected chi connectivity index (χ4v) is 4.27. The Labute approximate surface area is 182 Å². The molecule has 0 aliphatic rings. The highest BCUT2D eigenvalue weighted by atomic mass is 32.2. The van der Waals surface area contributed by atoms with E-state index < -0.39 is 16.0 Å². The monoisotopic (exact) mass is 445 g/mol. The lowest BCUT2D eigenvalue weighted by atomic mass is 10.1. The number of carbonyl (C=O) groups is 1. The molecule has 31 heavy (non-hydrogen) atoms. The van der Waals surface area contributed by atoms with Gasteiger partial charge in [0.25, 0.3) is 10.0 Å². The van der Waals surface area contributed by atoms with E-state index in [1.165, 1.54) is 12.1 Å². The molecule has 7 nitrogen and oxygen atoms in total. The third kappa shape index (κ3) is 5.38. The summed E-state index contributed by atoms with van der Waals surface area (Å²) >= 11 is 0. The first kappa shape index (κ1) is 22.7. The van der Waals surface area contributed by atoms with Crippen LogP contribution in [-0.4, -0.2) is 27.6 Å². The van der Waals surface area contributed by atoms with E-state index in [0.29, 0.717) is 46.9 Å². The Kier molecular flexibility index (Phi) is 7.22. The Bertz CT molecular complexity index is 1150. The zero-order valence-corrected chi connectivity index (χ0v) is 18.8. The molecule has 3 aromatic rings. The van der Waals surface area contributed by atoms with Gasteiger partial charge in [-0.1, -0.05) is 19.8 Å². The molecular weight excluding hydrogens is 418 g/mol. The second-order valence-corrected chi connectivity index (χ2v) is 8.78. The summed E-state index contributed by atoms with van der Waals surface area (Å²) in [5.41, 5.74) is 1.12. The van der Waals surface area contributed by atoms with E-state index in [1.54, 1.807) is 37.3 Å². The summed E-state index contributed by atoms with van der Waals surface area (Å²) in [4.78, 5) is 12.7. The third-order valence-electron chi connectivity index (χ3n) is 4.75. The highest BCUT2D eigenvalue weighted by molar-refractivity contribution is 7.92. The van der Waals surface area contributed by atoms with Crippen LogP contribution in [0.3, 0.4) is 0 Å². The zero-order valence-electron chi connectivity index (χ0n) is 17.9. The molecule has 0 aliphatic carbocycles. The summed E-state index contributed by atoms with van der Waals surface area (Å²) in [5, 5.41) is 0.505. The molecule has 166 valence electrons. The lowest BCUT2D eigenvalue weighted by molar-refractivity contribution is 0.0498. The van der Waals surface area contributed by atoms with Gasteiger partial charge in [-0.2, -0.15) is 0 Å². The van der Waals surface area contributed by atoms with Crippen molar-refractivity contribution in [3.63, 3.8) is 0 Å². The quantitative estimate of drug-likeness (QED) is 0.337. The van der Waals surface area contributed by atoms with Gasteiger partial charge >= 0.3 is 5.97 Å². The van der Waals surface area contributed by atoms with Gasteiger partial charge in [0.2, 0.25) is 0 Å². The van der Waals surface area contributed by atoms with E-state index in [9.17, 15) is 13.2 Å². The number of nitrogens with one attached hydrogen (secondary N) is 1. The van der Waals surface area contributed by atoms with E-state index in [2.05, 4.69) is 11.6 Å². The van der Waals surface area contributed by atoms with Crippen LogP contribution < -0.4 is 9.46 Å². The smallest absolute Gasteiger partial charge is 0.342 e. The van der Waals surface area contributed by atoms with Gasteiger partial charge in [0.15, 0.2) is 0 Å². The molecule has 0 saturated heterocycles. The van der Waals surface area contributed by atoms with Gasteiger partial charge in [-0.05, 0) is 62.7 Å². The van der Waals surface area contributed by atoms with Crippen molar-refractivity contribution in [3.8, 4) is 5.75 Å². The zero-order chi connectivity index (χ0) is 22.4.